The standard InChI is InChI=1S/C7H9NO2.C5H10.2C2H4/c1-10-7-4-5(8)2-3-6(7)9;1-2-4-5-3-1;2*1-2/h2-4,9H,8H2,1H3;1-5H2;2*1-2H2. The number of benzene rings is 1. The third-order valence-electron chi connectivity index (χ3n) is 2.45. The van der Waals surface area contributed by atoms with Gasteiger partial charge in [-0.25, -0.2) is 0 Å². The van der Waals surface area contributed by atoms with E-state index in [1.807, 2.05) is 0 Å². The van der Waals surface area contributed by atoms with E-state index >= 15 is 0 Å². The molecule has 0 saturated heterocycles. The van der Waals surface area contributed by atoms with E-state index in [-0.39, 0.29) is 5.75 Å². The van der Waals surface area contributed by atoms with E-state index in [1.165, 1.54) is 45.3 Å². The number of phenolic OH excluding ortho intramolecular Hbond substituents is 1. The van der Waals surface area contributed by atoms with E-state index in [9.17, 15) is 0 Å². The summed E-state index contributed by atoms with van der Waals surface area (Å²) in [7, 11) is 1.48. The first-order chi connectivity index (χ1) is 9.24. The average Bonchev–Trinajstić information content (AvgIpc) is 3.05. The molecule has 0 radical (unpaired) electrons. The Hall–Kier alpha value is -1.90. The number of rotatable bonds is 1. The third kappa shape index (κ3) is 9.77. The smallest absolute Gasteiger partial charge is 0.162 e. The lowest BCUT2D eigenvalue weighted by Crippen LogP contribution is -1.87. The van der Waals surface area contributed by atoms with Gasteiger partial charge in [-0.2, -0.15) is 0 Å². The van der Waals surface area contributed by atoms with Gasteiger partial charge in [-0.1, -0.05) is 32.1 Å². The first-order valence-electron chi connectivity index (χ1n) is 6.36. The summed E-state index contributed by atoms with van der Waals surface area (Å²) in [5, 5.41) is 9.05. The minimum atomic E-state index is 0.108. The van der Waals surface area contributed by atoms with E-state index in [0.29, 0.717) is 11.4 Å². The molecule has 108 valence electrons. The summed E-state index contributed by atoms with van der Waals surface area (Å²) < 4.78 is 4.80. The van der Waals surface area contributed by atoms with Crippen LogP contribution >= 0.6 is 0 Å². The fraction of sp³-hybridized carbons (Fsp3) is 0.375. The van der Waals surface area contributed by atoms with Crippen molar-refractivity contribution in [1.29, 1.82) is 0 Å². The van der Waals surface area contributed by atoms with E-state index in [0.717, 1.165) is 0 Å². The van der Waals surface area contributed by atoms with Gasteiger partial charge in [0, 0.05) is 11.8 Å². The number of nitrogens with two attached hydrogens (primary N) is 1. The molecule has 0 aromatic heterocycles. The number of ether oxygens (including phenoxy) is 1. The van der Waals surface area contributed by atoms with Gasteiger partial charge < -0.3 is 15.6 Å². The summed E-state index contributed by atoms with van der Waals surface area (Å²) in [5.74, 6) is 0.511. The molecule has 1 fully saturated rings. The summed E-state index contributed by atoms with van der Waals surface area (Å²) in [4.78, 5) is 0. The Morgan fingerprint density at radius 1 is 1.00 bits per heavy atom. The van der Waals surface area contributed by atoms with Crippen LogP contribution in [0.15, 0.2) is 44.5 Å². The molecule has 0 amide bonds. The fourth-order valence-electron chi connectivity index (χ4n) is 1.58. The Kier molecular flexibility index (Phi) is 14.5. The van der Waals surface area contributed by atoms with Gasteiger partial charge in [0.05, 0.1) is 7.11 Å². The van der Waals surface area contributed by atoms with Crippen molar-refractivity contribution in [3.8, 4) is 11.5 Å². The van der Waals surface area contributed by atoms with Crippen molar-refractivity contribution in [1.82, 2.24) is 0 Å². The van der Waals surface area contributed by atoms with E-state index in [1.54, 1.807) is 12.1 Å². The van der Waals surface area contributed by atoms with Crippen LogP contribution in [-0.4, -0.2) is 12.2 Å². The number of aromatic hydroxyl groups is 1. The molecule has 0 bridgehead atoms. The van der Waals surface area contributed by atoms with Crippen LogP contribution in [0.2, 0.25) is 0 Å². The predicted octanol–water partition coefficient (Wildman–Crippen LogP) is 4.54. The molecule has 0 unspecified atom stereocenters. The quantitative estimate of drug-likeness (QED) is 0.445. The molecule has 1 aromatic rings. The summed E-state index contributed by atoms with van der Waals surface area (Å²) in [5.41, 5.74) is 5.99. The van der Waals surface area contributed by atoms with Crippen LogP contribution in [0.1, 0.15) is 32.1 Å². The van der Waals surface area contributed by atoms with Crippen LogP contribution in [0, 0.1) is 0 Å². The summed E-state index contributed by atoms with van der Waals surface area (Å²) in [6.07, 6.45) is 7.50. The number of hydrogen-bond acceptors (Lipinski definition) is 3. The number of phenols is 1. The summed E-state index contributed by atoms with van der Waals surface area (Å²) >= 11 is 0. The normalized spacial score (nSPS) is 11.6. The molecule has 0 spiro atoms. The maximum absolute atomic E-state index is 9.05. The molecule has 3 N–H and O–H groups in total. The van der Waals surface area contributed by atoms with Gasteiger partial charge in [-0.05, 0) is 12.1 Å². The van der Waals surface area contributed by atoms with Crippen molar-refractivity contribution in [3.63, 3.8) is 0 Å². The Morgan fingerprint density at radius 3 is 1.74 bits per heavy atom. The van der Waals surface area contributed by atoms with Gasteiger partial charge >= 0.3 is 0 Å². The van der Waals surface area contributed by atoms with Crippen molar-refractivity contribution in [2.75, 3.05) is 12.8 Å². The highest BCUT2D eigenvalue weighted by atomic mass is 16.5. The first kappa shape index (κ1) is 19.4. The number of hydrogen-bond donors (Lipinski definition) is 2. The zero-order chi connectivity index (χ0) is 15.1. The minimum absolute atomic E-state index is 0.108. The second-order valence-electron chi connectivity index (χ2n) is 3.70. The lowest BCUT2D eigenvalue weighted by molar-refractivity contribution is 0.374. The van der Waals surface area contributed by atoms with Gasteiger partial charge in [-0.3, -0.25) is 0 Å². The second kappa shape index (κ2) is 14.2. The Morgan fingerprint density at radius 2 is 1.42 bits per heavy atom. The maximum Gasteiger partial charge on any atom is 0.162 e. The van der Waals surface area contributed by atoms with Crippen molar-refractivity contribution in [2.24, 2.45) is 0 Å². The summed E-state index contributed by atoms with van der Waals surface area (Å²) in [6.45, 7) is 12.0. The van der Waals surface area contributed by atoms with E-state index in [2.05, 4.69) is 26.3 Å². The lowest BCUT2D eigenvalue weighted by atomic mass is 10.3. The van der Waals surface area contributed by atoms with Crippen molar-refractivity contribution < 1.29 is 9.84 Å². The van der Waals surface area contributed by atoms with Gasteiger partial charge in [0.1, 0.15) is 0 Å². The average molecular weight is 265 g/mol. The molecule has 0 aliphatic heterocycles. The molecular formula is C16H27NO2. The highest BCUT2D eigenvalue weighted by molar-refractivity contribution is 5.51. The highest BCUT2D eigenvalue weighted by Crippen LogP contribution is 2.26. The Labute approximate surface area is 117 Å². The van der Waals surface area contributed by atoms with Crippen LogP contribution in [0.25, 0.3) is 0 Å². The summed E-state index contributed by atoms with van der Waals surface area (Å²) in [6, 6.07) is 4.67. The molecule has 19 heavy (non-hydrogen) atoms. The van der Waals surface area contributed by atoms with Crippen LogP contribution in [0.3, 0.4) is 0 Å². The molecule has 1 aromatic carbocycles. The molecule has 3 heteroatoms. The van der Waals surface area contributed by atoms with Gasteiger partial charge in [0.25, 0.3) is 0 Å². The molecule has 0 heterocycles. The van der Waals surface area contributed by atoms with Crippen LogP contribution in [0.5, 0.6) is 11.5 Å². The molecule has 2 rings (SSSR count). The van der Waals surface area contributed by atoms with Crippen LogP contribution in [-0.2, 0) is 0 Å². The van der Waals surface area contributed by atoms with Gasteiger partial charge in [0.15, 0.2) is 11.5 Å². The van der Waals surface area contributed by atoms with E-state index in [4.69, 9.17) is 15.6 Å². The van der Waals surface area contributed by atoms with Crippen molar-refractivity contribution >= 4 is 5.69 Å². The maximum atomic E-state index is 9.05. The van der Waals surface area contributed by atoms with Crippen molar-refractivity contribution in [3.05, 3.63) is 44.5 Å². The highest BCUT2D eigenvalue weighted by Gasteiger charge is 1.98. The fourth-order valence-corrected chi connectivity index (χ4v) is 1.58. The second-order valence-corrected chi connectivity index (χ2v) is 3.70. The topological polar surface area (TPSA) is 55.5 Å². The molecule has 3 nitrogen and oxygen atoms in total. The Balaban J connectivity index is 0. The van der Waals surface area contributed by atoms with Crippen LogP contribution < -0.4 is 10.5 Å². The monoisotopic (exact) mass is 265 g/mol. The lowest BCUT2D eigenvalue weighted by Gasteiger charge is -2.02. The van der Waals surface area contributed by atoms with Gasteiger partial charge in [0.2, 0.25) is 0 Å². The Bertz CT molecular complexity index is 313. The first-order valence-corrected chi connectivity index (χ1v) is 6.36. The van der Waals surface area contributed by atoms with Crippen molar-refractivity contribution in [2.45, 2.75) is 32.1 Å². The van der Waals surface area contributed by atoms with Crippen LogP contribution in [0.4, 0.5) is 5.69 Å². The van der Waals surface area contributed by atoms with E-state index < -0.39 is 0 Å². The third-order valence-corrected chi connectivity index (χ3v) is 2.45. The number of nitrogen functional groups attached to an aromatic ring is 1. The molecule has 0 atom stereocenters. The number of methoxy groups -OCH3 is 1. The molecule has 1 aliphatic carbocycles. The molecular weight excluding hydrogens is 238 g/mol. The van der Waals surface area contributed by atoms with Gasteiger partial charge in [-0.15, -0.1) is 26.3 Å². The zero-order valence-electron chi connectivity index (χ0n) is 12.0. The zero-order valence-corrected chi connectivity index (χ0v) is 12.0. The number of anilines is 1. The largest absolute Gasteiger partial charge is 0.504 e. The molecule has 1 aliphatic rings. The predicted molar refractivity (Wildman–Crippen MR) is 84.7 cm³/mol. The minimum Gasteiger partial charge on any atom is -0.504 e. The molecule has 1 saturated carbocycles. The SMILES string of the molecule is C1CCCC1.C=C.C=C.COc1cc(N)ccc1O.